The van der Waals surface area contributed by atoms with Crippen LogP contribution in [-0.4, -0.2) is 9.55 Å². The minimum atomic E-state index is 0.364. The van der Waals surface area contributed by atoms with Gasteiger partial charge in [0.2, 0.25) is 0 Å². The highest BCUT2D eigenvalue weighted by molar-refractivity contribution is 5.80. The Morgan fingerprint density at radius 3 is 2.81 bits per heavy atom. The second kappa shape index (κ2) is 3.97. The van der Waals surface area contributed by atoms with Crippen LogP contribution in [0, 0.1) is 11.3 Å². The van der Waals surface area contributed by atoms with Gasteiger partial charge in [-0.25, -0.2) is 4.98 Å². The molecule has 0 saturated carbocycles. The third-order valence-electron chi connectivity index (χ3n) is 2.89. The predicted molar refractivity (Wildman–Crippen MR) is 64.1 cm³/mol. The van der Waals surface area contributed by atoms with Crippen molar-refractivity contribution in [3.05, 3.63) is 29.6 Å². The molecule has 3 nitrogen and oxygen atoms in total. The molecular formula is C13H15N3. The van der Waals surface area contributed by atoms with Crippen LogP contribution in [0.4, 0.5) is 0 Å². The summed E-state index contributed by atoms with van der Waals surface area (Å²) in [7, 11) is 1.96. The summed E-state index contributed by atoms with van der Waals surface area (Å²) in [5.74, 6) is 1.29. The zero-order chi connectivity index (χ0) is 11.7. The maximum Gasteiger partial charge on any atom is 0.123 e. The van der Waals surface area contributed by atoms with Gasteiger partial charge in [0.15, 0.2) is 0 Å². The highest BCUT2D eigenvalue weighted by Crippen LogP contribution is 2.25. The van der Waals surface area contributed by atoms with E-state index in [9.17, 15) is 0 Å². The molecule has 0 saturated heterocycles. The lowest BCUT2D eigenvalue weighted by atomic mass is 10.0. The van der Waals surface area contributed by atoms with Crippen molar-refractivity contribution >= 4 is 11.0 Å². The van der Waals surface area contributed by atoms with Crippen LogP contribution >= 0.6 is 0 Å². The lowest BCUT2D eigenvalue weighted by Gasteiger charge is -2.05. The lowest BCUT2D eigenvalue weighted by Crippen LogP contribution is -1.95. The zero-order valence-electron chi connectivity index (χ0n) is 9.86. The van der Waals surface area contributed by atoms with E-state index in [2.05, 4.69) is 43.1 Å². The topological polar surface area (TPSA) is 41.6 Å². The average Bonchev–Trinajstić information content (AvgIpc) is 2.57. The van der Waals surface area contributed by atoms with Crippen molar-refractivity contribution in [1.82, 2.24) is 9.55 Å². The van der Waals surface area contributed by atoms with E-state index in [1.165, 1.54) is 5.56 Å². The van der Waals surface area contributed by atoms with Gasteiger partial charge in [-0.1, -0.05) is 26.0 Å². The smallest absolute Gasteiger partial charge is 0.123 e. The summed E-state index contributed by atoms with van der Waals surface area (Å²) < 4.78 is 2.00. The van der Waals surface area contributed by atoms with Gasteiger partial charge in [0.25, 0.3) is 0 Å². The molecule has 1 aromatic carbocycles. The maximum absolute atomic E-state index is 8.74. The largest absolute Gasteiger partial charge is 0.330 e. The highest BCUT2D eigenvalue weighted by Gasteiger charge is 2.12. The van der Waals surface area contributed by atoms with Gasteiger partial charge in [0.05, 0.1) is 23.5 Å². The van der Waals surface area contributed by atoms with Crippen LogP contribution in [0.3, 0.4) is 0 Å². The molecule has 0 N–H and O–H groups in total. The van der Waals surface area contributed by atoms with E-state index in [1.807, 2.05) is 11.6 Å². The number of hydrogen-bond donors (Lipinski definition) is 0. The fourth-order valence-electron chi connectivity index (χ4n) is 1.98. The third kappa shape index (κ3) is 1.57. The molecule has 0 radical (unpaired) electrons. The molecule has 1 heterocycles. The summed E-state index contributed by atoms with van der Waals surface area (Å²) in [6, 6.07) is 8.36. The van der Waals surface area contributed by atoms with Gasteiger partial charge < -0.3 is 4.57 Å². The van der Waals surface area contributed by atoms with Crippen LogP contribution < -0.4 is 0 Å². The molecule has 2 rings (SSSR count). The Morgan fingerprint density at radius 2 is 2.19 bits per heavy atom. The van der Waals surface area contributed by atoms with E-state index in [0.29, 0.717) is 12.3 Å². The van der Waals surface area contributed by atoms with E-state index in [1.54, 1.807) is 0 Å². The van der Waals surface area contributed by atoms with Gasteiger partial charge >= 0.3 is 0 Å². The molecule has 0 aliphatic carbocycles. The summed E-state index contributed by atoms with van der Waals surface area (Å²) in [6.45, 7) is 4.32. The number of imidazole rings is 1. The normalized spacial score (nSPS) is 10.9. The number of rotatable bonds is 2. The first kappa shape index (κ1) is 10.7. The first-order valence-corrected chi connectivity index (χ1v) is 5.46. The number of hydrogen-bond acceptors (Lipinski definition) is 2. The molecule has 0 fully saturated rings. The fourth-order valence-corrected chi connectivity index (χ4v) is 1.98. The van der Waals surface area contributed by atoms with Gasteiger partial charge in [-0.2, -0.15) is 5.26 Å². The molecule has 0 aliphatic rings. The molecule has 1 aromatic heterocycles. The molecule has 0 unspecified atom stereocenters. The first-order valence-electron chi connectivity index (χ1n) is 5.46. The van der Waals surface area contributed by atoms with Crippen molar-refractivity contribution in [2.24, 2.45) is 7.05 Å². The SMILES string of the molecule is CC(C)c1cccc2c1nc(CC#N)n2C. The second-order valence-corrected chi connectivity index (χ2v) is 4.29. The Bertz CT molecular complexity index is 558. The van der Waals surface area contributed by atoms with E-state index >= 15 is 0 Å². The molecule has 0 aliphatic heterocycles. The number of nitriles is 1. The highest BCUT2D eigenvalue weighted by atomic mass is 15.1. The molecule has 0 spiro atoms. The van der Waals surface area contributed by atoms with E-state index in [0.717, 1.165) is 16.9 Å². The molecule has 82 valence electrons. The summed E-state index contributed by atoms with van der Waals surface area (Å²) in [6.07, 6.45) is 0.364. The lowest BCUT2D eigenvalue weighted by molar-refractivity contribution is 0.856. The summed E-state index contributed by atoms with van der Waals surface area (Å²) in [5, 5.41) is 8.74. The third-order valence-corrected chi connectivity index (χ3v) is 2.89. The van der Waals surface area contributed by atoms with Gasteiger partial charge in [0.1, 0.15) is 5.82 Å². The second-order valence-electron chi connectivity index (χ2n) is 4.29. The number of benzene rings is 1. The number of fused-ring (bicyclic) bond motifs is 1. The minimum Gasteiger partial charge on any atom is -0.330 e. The zero-order valence-corrected chi connectivity index (χ0v) is 9.86. The Morgan fingerprint density at radius 1 is 1.44 bits per heavy atom. The van der Waals surface area contributed by atoms with E-state index < -0.39 is 0 Å². The predicted octanol–water partition coefficient (Wildman–Crippen LogP) is 2.76. The Balaban J connectivity index is 2.71. The van der Waals surface area contributed by atoms with E-state index in [-0.39, 0.29) is 0 Å². The standard InChI is InChI=1S/C13H15N3/c1-9(2)10-5-4-6-11-13(10)15-12(7-8-14)16(11)3/h4-6,9H,7H2,1-3H3. The molecule has 0 amide bonds. The number of nitrogens with zero attached hydrogens (tertiary/aromatic N) is 3. The Kier molecular flexibility index (Phi) is 2.66. The van der Waals surface area contributed by atoms with Gasteiger partial charge in [-0.05, 0) is 17.5 Å². The van der Waals surface area contributed by atoms with Crippen LogP contribution in [-0.2, 0) is 13.5 Å². The van der Waals surface area contributed by atoms with E-state index in [4.69, 9.17) is 5.26 Å². The first-order chi connectivity index (χ1) is 7.65. The van der Waals surface area contributed by atoms with Crippen LogP contribution in [0.2, 0.25) is 0 Å². The van der Waals surface area contributed by atoms with Gasteiger partial charge in [0, 0.05) is 7.05 Å². The van der Waals surface area contributed by atoms with Gasteiger partial charge in [-0.15, -0.1) is 0 Å². The molecule has 2 aromatic rings. The van der Waals surface area contributed by atoms with Crippen LogP contribution in [0.5, 0.6) is 0 Å². The van der Waals surface area contributed by atoms with Crippen molar-refractivity contribution in [2.75, 3.05) is 0 Å². The quantitative estimate of drug-likeness (QED) is 0.769. The van der Waals surface area contributed by atoms with Gasteiger partial charge in [-0.3, -0.25) is 0 Å². The minimum absolute atomic E-state index is 0.364. The summed E-state index contributed by atoms with van der Waals surface area (Å²) in [4.78, 5) is 4.56. The van der Waals surface area contributed by atoms with Crippen molar-refractivity contribution in [2.45, 2.75) is 26.2 Å². The maximum atomic E-state index is 8.74. The summed E-state index contributed by atoms with van der Waals surface area (Å²) in [5.41, 5.74) is 3.39. The van der Waals surface area contributed by atoms with Crippen LogP contribution in [0.15, 0.2) is 18.2 Å². The monoisotopic (exact) mass is 213 g/mol. The van der Waals surface area contributed by atoms with Crippen LogP contribution in [0.25, 0.3) is 11.0 Å². The molecule has 0 bridgehead atoms. The molecule has 16 heavy (non-hydrogen) atoms. The Labute approximate surface area is 95.3 Å². The average molecular weight is 213 g/mol. The molecule has 0 atom stereocenters. The van der Waals surface area contributed by atoms with Crippen LogP contribution in [0.1, 0.15) is 31.2 Å². The van der Waals surface area contributed by atoms with Crippen molar-refractivity contribution in [1.29, 1.82) is 5.26 Å². The number of aromatic nitrogens is 2. The van der Waals surface area contributed by atoms with Crippen molar-refractivity contribution in [3.63, 3.8) is 0 Å². The molecule has 3 heteroatoms. The van der Waals surface area contributed by atoms with Crippen molar-refractivity contribution in [3.8, 4) is 6.07 Å². The number of para-hydroxylation sites is 1. The Hall–Kier alpha value is -1.82. The fraction of sp³-hybridized carbons (Fsp3) is 0.385. The molecular weight excluding hydrogens is 198 g/mol. The van der Waals surface area contributed by atoms with Crippen molar-refractivity contribution < 1.29 is 0 Å². The summed E-state index contributed by atoms with van der Waals surface area (Å²) >= 11 is 0. The number of aryl methyl sites for hydroxylation is 1.